The maximum Gasteiger partial charge on any atom is 0.305 e. The maximum atomic E-state index is 11.2. The summed E-state index contributed by atoms with van der Waals surface area (Å²) in [5.41, 5.74) is 0.839. The first-order chi connectivity index (χ1) is 7.74. The van der Waals surface area contributed by atoms with Crippen molar-refractivity contribution in [3.05, 3.63) is 35.9 Å². The lowest BCUT2D eigenvalue weighted by atomic mass is 10.1. The number of aliphatic hydroxyl groups is 1. The predicted octanol–water partition coefficient (Wildman–Crippen LogP) is 2.45. The number of benzene rings is 1. The molecule has 0 saturated carbocycles. The molecular formula is C13H18O3. The second kappa shape index (κ2) is 7.01. The van der Waals surface area contributed by atoms with Crippen molar-refractivity contribution < 1.29 is 14.6 Å². The quantitative estimate of drug-likeness (QED) is 0.752. The first-order valence-corrected chi connectivity index (χ1v) is 5.62. The van der Waals surface area contributed by atoms with Crippen LogP contribution in [0.4, 0.5) is 0 Å². The highest BCUT2D eigenvalue weighted by Crippen LogP contribution is 2.17. The van der Waals surface area contributed by atoms with Crippen LogP contribution < -0.4 is 0 Å². The van der Waals surface area contributed by atoms with E-state index in [0.29, 0.717) is 13.0 Å². The number of aliphatic hydroxyl groups excluding tert-OH is 1. The van der Waals surface area contributed by atoms with E-state index in [0.717, 1.165) is 12.0 Å². The van der Waals surface area contributed by atoms with Gasteiger partial charge in [-0.2, -0.15) is 0 Å². The van der Waals surface area contributed by atoms with E-state index in [2.05, 4.69) is 0 Å². The van der Waals surface area contributed by atoms with Crippen LogP contribution in [0.3, 0.4) is 0 Å². The molecule has 0 heterocycles. The fourth-order valence-corrected chi connectivity index (χ4v) is 1.38. The van der Waals surface area contributed by atoms with E-state index in [1.165, 1.54) is 0 Å². The van der Waals surface area contributed by atoms with Crippen LogP contribution in [-0.2, 0) is 9.53 Å². The van der Waals surface area contributed by atoms with Crippen molar-refractivity contribution in [2.45, 2.75) is 32.3 Å². The average molecular weight is 222 g/mol. The maximum absolute atomic E-state index is 11.2. The van der Waals surface area contributed by atoms with Gasteiger partial charge >= 0.3 is 5.97 Å². The summed E-state index contributed by atoms with van der Waals surface area (Å²) in [6.45, 7) is 2.41. The molecule has 88 valence electrons. The number of ether oxygens (including phenoxy) is 1. The summed E-state index contributed by atoms with van der Waals surface area (Å²) in [5.74, 6) is -0.239. The Labute approximate surface area is 96.1 Å². The van der Waals surface area contributed by atoms with E-state index in [-0.39, 0.29) is 12.4 Å². The molecule has 3 nitrogen and oxygen atoms in total. The SMILES string of the molecule is CCCOC(=O)CCC(O)c1ccccc1. The van der Waals surface area contributed by atoms with Crippen LogP contribution in [0.2, 0.25) is 0 Å². The van der Waals surface area contributed by atoms with Gasteiger partial charge in [0.2, 0.25) is 0 Å². The Balaban J connectivity index is 2.30. The van der Waals surface area contributed by atoms with Crippen LogP contribution in [0.1, 0.15) is 37.9 Å². The number of esters is 1. The second-order valence-electron chi connectivity index (χ2n) is 3.69. The second-order valence-corrected chi connectivity index (χ2v) is 3.69. The molecule has 1 atom stereocenters. The first-order valence-electron chi connectivity index (χ1n) is 5.62. The summed E-state index contributed by atoms with van der Waals surface area (Å²) in [6, 6.07) is 9.33. The molecule has 0 aromatic heterocycles. The zero-order chi connectivity index (χ0) is 11.8. The predicted molar refractivity (Wildman–Crippen MR) is 61.9 cm³/mol. The van der Waals surface area contributed by atoms with Gasteiger partial charge in [0.25, 0.3) is 0 Å². The number of hydrogen-bond donors (Lipinski definition) is 1. The smallest absolute Gasteiger partial charge is 0.305 e. The number of rotatable bonds is 6. The minimum Gasteiger partial charge on any atom is -0.466 e. The fraction of sp³-hybridized carbons (Fsp3) is 0.462. The van der Waals surface area contributed by atoms with Crippen molar-refractivity contribution in [3.8, 4) is 0 Å². The summed E-state index contributed by atoms with van der Waals surface area (Å²) < 4.78 is 4.93. The highest BCUT2D eigenvalue weighted by molar-refractivity contribution is 5.69. The van der Waals surface area contributed by atoms with Crippen LogP contribution in [0.5, 0.6) is 0 Å². The third-order valence-electron chi connectivity index (χ3n) is 2.27. The number of carbonyl (C=O) groups is 1. The Kier molecular flexibility index (Phi) is 5.57. The van der Waals surface area contributed by atoms with E-state index < -0.39 is 6.10 Å². The molecule has 3 heteroatoms. The van der Waals surface area contributed by atoms with Gasteiger partial charge in [0.1, 0.15) is 0 Å². The van der Waals surface area contributed by atoms with Gasteiger partial charge in [-0.3, -0.25) is 4.79 Å². The Morgan fingerprint density at radius 1 is 1.38 bits per heavy atom. The molecule has 1 unspecified atom stereocenters. The summed E-state index contributed by atoms with van der Waals surface area (Å²) in [5, 5.41) is 9.79. The molecule has 0 aliphatic heterocycles. The van der Waals surface area contributed by atoms with Crippen LogP contribution in [0.25, 0.3) is 0 Å². The fourth-order valence-electron chi connectivity index (χ4n) is 1.38. The van der Waals surface area contributed by atoms with Crippen molar-refractivity contribution in [3.63, 3.8) is 0 Å². The molecule has 0 bridgehead atoms. The van der Waals surface area contributed by atoms with E-state index in [1.54, 1.807) is 0 Å². The summed E-state index contributed by atoms with van der Waals surface area (Å²) in [6.07, 6.45) is 0.908. The van der Waals surface area contributed by atoms with Gasteiger partial charge in [-0.15, -0.1) is 0 Å². The van der Waals surface area contributed by atoms with Crippen molar-refractivity contribution in [2.75, 3.05) is 6.61 Å². The van der Waals surface area contributed by atoms with Crippen molar-refractivity contribution >= 4 is 5.97 Å². The number of carbonyl (C=O) groups excluding carboxylic acids is 1. The molecule has 0 fully saturated rings. The normalized spacial score (nSPS) is 12.1. The lowest BCUT2D eigenvalue weighted by molar-refractivity contribution is -0.144. The molecule has 0 spiro atoms. The molecule has 0 aliphatic rings. The Bertz CT molecular complexity index is 308. The van der Waals surface area contributed by atoms with Crippen LogP contribution in [0, 0.1) is 0 Å². The number of hydrogen-bond acceptors (Lipinski definition) is 3. The van der Waals surface area contributed by atoms with E-state index >= 15 is 0 Å². The highest BCUT2D eigenvalue weighted by Gasteiger charge is 2.10. The monoisotopic (exact) mass is 222 g/mol. The Morgan fingerprint density at radius 2 is 2.06 bits per heavy atom. The molecule has 0 amide bonds. The molecule has 1 N–H and O–H groups in total. The minimum absolute atomic E-state index is 0.239. The molecule has 1 aromatic rings. The van der Waals surface area contributed by atoms with Gasteiger partial charge < -0.3 is 9.84 Å². The van der Waals surface area contributed by atoms with Crippen molar-refractivity contribution in [1.82, 2.24) is 0 Å². The highest BCUT2D eigenvalue weighted by atomic mass is 16.5. The van der Waals surface area contributed by atoms with Gasteiger partial charge in [-0.1, -0.05) is 37.3 Å². The summed E-state index contributed by atoms with van der Waals surface area (Å²) in [4.78, 5) is 11.2. The Morgan fingerprint density at radius 3 is 2.69 bits per heavy atom. The third-order valence-corrected chi connectivity index (χ3v) is 2.27. The third kappa shape index (κ3) is 4.45. The van der Waals surface area contributed by atoms with E-state index in [4.69, 9.17) is 4.74 Å². The lowest BCUT2D eigenvalue weighted by Gasteiger charge is -2.10. The van der Waals surface area contributed by atoms with Crippen LogP contribution >= 0.6 is 0 Å². The van der Waals surface area contributed by atoms with Gasteiger partial charge in [-0.25, -0.2) is 0 Å². The van der Waals surface area contributed by atoms with Crippen molar-refractivity contribution in [1.29, 1.82) is 0 Å². The molecule has 0 radical (unpaired) electrons. The van der Waals surface area contributed by atoms with Crippen molar-refractivity contribution in [2.24, 2.45) is 0 Å². The Hall–Kier alpha value is -1.35. The van der Waals surface area contributed by atoms with Gasteiger partial charge in [0.15, 0.2) is 0 Å². The summed E-state index contributed by atoms with van der Waals surface area (Å²) in [7, 11) is 0. The zero-order valence-electron chi connectivity index (χ0n) is 9.56. The first kappa shape index (κ1) is 12.7. The topological polar surface area (TPSA) is 46.5 Å². The van der Waals surface area contributed by atoms with Crippen LogP contribution in [-0.4, -0.2) is 17.7 Å². The van der Waals surface area contributed by atoms with Gasteiger partial charge in [0.05, 0.1) is 12.7 Å². The standard InChI is InChI=1S/C13H18O3/c1-2-10-16-13(15)9-8-12(14)11-6-4-3-5-7-11/h3-7,12,14H,2,8-10H2,1H3. The molecule has 1 aromatic carbocycles. The molecule has 16 heavy (non-hydrogen) atoms. The van der Waals surface area contributed by atoms with Gasteiger partial charge in [-0.05, 0) is 18.4 Å². The molecular weight excluding hydrogens is 204 g/mol. The van der Waals surface area contributed by atoms with Crippen LogP contribution in [0.15, 0.2) is 30.3 Å². The zero-order valence-corrected chi connectivity index (χ0v) is 9.56. The molecule has 1 rings (SSSR count). The van der Waals surface area contributed by atoms with Gasteiger partial charge in [0, 0.05) is 6.42 Å². The lowest BCUT2D eigenvalue weighted by Crippen LogP contribution is -2.07. The summed E-state index contributed by atoms with van der Waals surface area (Å²) >= 11 is 0. The van der Waals surface area contributed by atoms with E-state index in [1.807, 2.05) is 37.3 Å². The molecule has 0 aliphatic carbocycles. The molecule has 0 saturated heterocycles. The largest absolute Gasteiger partial charge is 0.466 e. The van der Waals surface area contributed by atoms with E-state index in [9.17, 15) is 9.90 Å². The average Bonchev–Trinajstić information content (AvgIpc) is 2.34. The minimum atomic E-state index is -0.588.